The molecule has 2 nitrogen and oxygen atoms in total. The lowest BCUT2D eigenvalue weighted by Gasteiger charge is -2.33. The van der Waals surface area contributed by atoms with Crippen molar-refractivity contribution in [2.24, 2.45) is 0 Å². The molecule has 0 aromatic heterocycles. The van der Waals surface area contributed by atoms with Crippen LogP contribution in [-0.2, 0) is 5.60 Å². The van der Waals surface area contributed by atoms with Crippen molar-refractivity contribution in [3.8, 4) is 0 Å². The first-order valence-electron chi connectivity index (χ1n) is 11.5. The summed E-state index contributed by atoms with van der Waals surface area (Å²) >= 11 is 0. The van der Waals surface area contributed by atoms with Crippen molar-refractivity contribution in [1.29, 1.82) is 0 Å². The fourth-order valence-electron chi connectivity index (χ4n) is 4.99. The molecule has 0 amide bonds. The highest BCUT2D eigenvalue weighted by Crippen LogP contribution is 2.45. The monoisotopic (exact) mass is 431 g/mol. The fraction of sp³-hybridized carbons (Fsp3) is 0.161. The molecular formula is C31H29NO. The fourth-order valence-corrected chi connectivity index (χ4v) is 4.99. The molecule has 4 aromatic rings. The van der Waals surface area contributed by atoms with Crippen LogP contribution >= 0.6 is 0 Å². The highest BCUT2D eigenvalue weighted by atomic mass is 16.3. The van der Waals surface area contributed by atoms with Gasteiger partial charge in [0.15, 0.2) is 0 Å². The molecule has 0 atom stereocenters. The molecule has 164 valence electrons. The van der Waals surface area contributed by atoms with Crippen LogP contribution in [0.2, 0.25) is 0 Å². The zero-order chi connectivity index (χ0) is 22.8. The minimum absolute atomic E-state index is 0.869. The largest absolute Gasteiger partial charge is 0.376 e. The Bertz CT molecular complexity index is 1290. The number of rotatable bonds is 6. The highest BCUT2D eigenvalue weighted by molar-refractivity contribution is 5.93. The first-order chi connectivity index (χ1) is 16.1. The summed E-state index contributed by atoms with van der Waals surface area (Å²) in [6.45, 7) is 0.911. The summed E-state index contributed by atoms with van der Waals surface area (Å²) < 4.78 is 0. The number of aliphatic hydroxyl groups is 1. The third kappa shape index (κ3) is 3.93. The van der Waals surface area contributed by atoms with Crippen molar-refractivity contribution in [2.45, 2.75) is 12.0 Å². The van der Waals surface area contributed by atoms with Gasteiger partial charge in [-0.15, -0.1) is 0 Å². The molecule has 0 spiro atoms. The summed E-state index contributed by atoms with van der Waals surface area (Å²) in [4.78, 5) is 2.19. The summed E-state index contributed by atoms with van der Waals surface area (Å²) in [6, 6.07) is 32.8. The van der Waals surface area contributed by atoms with Gasteiger partial charge in [0.25, 0.3) is 0 Å². The van der Waals surface area contributed by atoms with Gasteiger partial charge >= 0.3 is 0 Å². The molecule has 5 rings (SSSR count). The first kappa shape index (κ1) is 21.4. The maximum Gasteiger partial charge on any atom is 0.141 e. The van der Waals surface area contributed by atoms with E-state index in [1.807, 2.05) is 60.7 Å². The van der Waals surface area contributed by atoms with E-state index < -0.39 is 5.60 Å². The van der Waals surface area contributed by atoms with Gasteiger partial charge in [-0.3, -0.25) is 0 Å². The summed E-state index contributed by atoms with van der Waals surface area (Å²) in [6.07, 6.45) is 5.47. The maximum absolute atomic E-state index is 12.7. The zero-order valence-electron chi connectivity index (χ0n) is 19.2. The Labute approximate surface area is 196 Å². The van der Waals surface area contributed by atoms with Gasteiger partial charge in [0.1, 0.15) is 5.60 Å². The minimum atomic E-state index is -1.29. The Balaban J connectivity index is 1.81. The van der Waals surface area contributed by atoms with Crippen LogP contribution in [-0.4, -0.2) is 30.6 Å². The molecule has 0 aliphatic heterocycles. The van der Waals surface area contributed by atoms with Gasteiger partial charge in [-0.2, -0.15) is 0 Å². The smallest absolute Gasteiger partial charge is 0.141 e. The minimum Gasteiger partial charge on any atom is -0.376 e. The molecule has 1 aliphatic carbocycles. The maximum atomic E-state index is 12.7. The lowest BCUT2D eigenvalue weighted by Crippen LogP contribution is -2.30. The number of fused-ring (bicyclic) bond motifs is 1. The van der Waals surface area contributed by atoms with Crippen molar-refractivity contribution in [3.63, 3.8) is 0 Å². The van der Waals surface area contributed by atoms with Gasteiger partial charge in [-0.1, -0.05) is 109 Å². The van der Waals surface area contributed by atoms with E-state index in [-0.39, 0.29) is 0 Å². The van der Waals surface area contributed by atoms with E-state index in [9.17, 15) is 5.11 Å². The third-order valence-electron chi connectivity index (χ3n) is 6.46. The van der Waals surface area contributed by atoms with Gasteiger partial charge in [0.05, 0.1) is 0 Å². The van der Waals surface area contributed by atoms with Crippen LogP contribution < -0.4 is 0 Å². The summed E-state index contributed by atoms with van der Waals surface area (Å²) in [5.41, 5.74) is 5.07. The Kier molecular flexibility index (Phi) is 5.72. The number of hydrogen-bond acceptors (Lipinski definition) is 2. The van der Waals surface area contributed by atoms with Crippen LogP contribution in [0.3, 0.4) is 0 Å². The van der Waals surface area contributed by atoms with Crippen molar-refractivity contribution in [1.82, 2.24) is 4.90 Å². The van der Waals surface area contributed by atoms with Gasteiger partial charge in [-0.05, 0) is 59.1 Å². The molecule has 1 aliphatic rings. The van der Waals surface area contributed by atoms with E-state index in [1.54, 1.807) is 0 Å². The van der Waals surface area contributed by atoms with E-state index in [4.69, 9.17) is 0 Å². The van der Waals surface area contributed by atoms with Crippen LogP contribution in [0.25, 0.3) is 16.3 Å². The number of hydrogen-bond donors (Lipinski definition) is 1. The van der Waals surface area contributed by atoms with E-state index in [0.717, 1.165) is 46.0 Å². The van der Waals surface area contributed by atoms with Gasteiger partial charge in [-0.25, -0.2) is 0 Å². The number of allylic oxidation sites excluding steroid dienone is 2. The molecule has 0 fully saturated rings. The van der Waals surface area contributed by atoms with Crippen molar-refractivity contribution < 1.29 is 5.11 Å². The second-order valence-electron chi connectivity index (χ2n) is 9.04. The standard InChI is InChI=1S/C31H29NO/c1-32(2)22-23-17-18-25(21-23)29-20-19-24-11-9-10-16-28(24)30(29)31(33,26-12-5-3-6-13-26)27-14-7-4-8-15-27/h3-17,19-21,33H,18,22H2,1-2H3. The van der Waals surface area contributed by atoms with Crippen LogP contribution in [0.5, 0.6) is 0 Å². The first-order valence-corrected chi connectivity index (χ1v) is 11.5. The topological polar surface area (TPSA) is 23.5 Å². The summed E-state index contributed by atoms with van der Waals surface area (Å²) in [5, 5.41) is 14.9. The molecule has 0 radical (unpaired) electrons. The number of likely N-dealkylation sites (N-methyl/N-ethyl adjacent to an activating group) is 1. The quantitative estimate of drug-likeness (QED) is 0.357. The summed E-state index contributed by atoms with van der Waals surface area (Å²) in [5.74, 6) is 0. The Morgan fingerprint density at radius 2 is 1.36 bits per heavy atom. The molecular weight excluding hydrogens is 402 g/mol. The van der Waals surface area contributed by atoms with Gasteiger partial charge in [0.2, 0.25) is 0 Å². The lowest BCUT2D eigenvalue weighted by atomic mass is 9.75. The van der Waals surface area contributed by atoms with E-state index in [2.05, 4.69) is 67.5 Å². The molecule has 2 heteroatoms. The molecule has 4 aromatic carbocycles. The predicted molar refractivity (Wildman–Crippen MR) is 138 cm³/mol. The molecule has 33 heavy (non-hydrogen) atoms. The highest BCUT2D eigenvalue weighted by Gasteiger charge is 2.37. The van der Waals surface area contributed by atoms with Crippen molar-refractivity contribution in [2.75, 3.05) is 20.6 Å². The number of benzene rings is 4. The van der Waals surface area contributed by atoms with Crippen LogP contribution in [0, 0.1) is 0 Å². The second-order valence-corrected chi connectivity index (χ2v) is 9.04. The Hall–Kier alpha value is -3.46. The molecule has 0 heterocycles. The molecule has 1 N–H and O–H groups in total. The average Bonchev–Trinajstić information content (AvgIpc) is 3.31. The zero-order valence-corrected chi connectivity index (χ0v) is 19.2. The van der Waals surface area contributed by atoms with E-state index in [0.29, 0.717) is 0 Å². The summed E-state index contributed by atoms with van der Waals surface area (Å²) in [7, 11) is 4.19. The molecule has 0 unspecified atom stereocenters. The van der Waals surface area contributed by atoms with Gasteiger partial charge < -0.3 is 10.0 Å². The molecule has 0 saturated carbocycles. The van der Waals surface area contributed by atoms with Crippen LogP contribution in [0.15, 0.2) is 115 Å². The predicted octanol–water partition coefficient (Wildman–Crippen LogP) is 6.40. The normalized spacial score (nSPS) is 13.9. The van der Waals surface area contributed by atoms with Crippen LogP contribution in [0.4, 0.5) is 0 Å². The number of nitrogens with zero attached hydrogens (tertiary/aromatic N) is 1. The third-order valence-corrected chi connectivity index (χ3v) is 6.46. The SMILES string of the molecule is CN(C)CC1=CCC(c2ccc3ccccc3c2C(O)(c2ccccc2)c2ccccc2)=C1. The van der Waals surface area contributed by atoms with Crippen molar-refractivity contribution in [3.05, 3.63) is 137 Å². The molecule has 0 bridgehead atoms. The van der Waals surface area contributed by atoms with Crippen LogP contribution in [0.1, 0.15) is 28.7 Å². The molecule has 0 saturated heterocycles. The Morgan fingerprint density at radius 1 is 0.758 bits per heavy atom. The average molecular weight is 432 g/mol. The Morgan fingerprint density at radius 3 is 2.00 bits per heavy atom. The van der Waals surface area contributed by atoms with Crippen molar-refractivity contribution >= 4 is 16.3 Å². The van der Waals surface area contributed by atoms with E-state index >= 15 is 0 Å². The lowest BCUT2D eigenvalue weighted by molar-refractivity contribution is 0.127. The van der Waals surface area contributed by atoms with Gasteiger partial charge in [0, 0.05) is 12.1 Å². The second kappa shape index (κ2) is 8.82. The van der Waals surface area contributed by atoms with E-state index in [1.165, 1.54) is 11.1 Å².